The van der Waals surface area contributed by atoms with Crippen molar-refractivity contribution in [3.63, 3.8) is 0 Å². The van der Waals surface area contributed by atoms with Crippen LogP contribution in [-0.4, -0.2) is 28.3 Å². The number of phenolic OH excluding ortho intramolecular Hbond substituents is 1. The number of fused-ring (bicyclic) bond motifs is 1. The number of aromatic hydroxyl groups is 1. The summed E-state index contributed by atoms with van der Waals surface area (Å²) in [7, 11) is 1.62. The van der Waals surface area contributed by atoms with Gasteiger partial charge in [-0.15, -0.1) is 0 Å². The maximum Gasteiger partial charge on any atom is 0.277 e. The van der Waals surface area contributed by atoms with Gasteiger partial charge in [0, 0.05) is 21.3 Å². The lowest BCUT2D eigenvalue weighted by Gasteiger charge is -2.26. The Morgan fingerprint density at radius 1 is 1.06 bits per heavy atom. The molecule has 1 aromatic heterocycles. The van der Waals surface area contributed by atoms with Gasteiger partial charge < -0.3 is 9.84 Å². The average Bonchev–Trinajstić information content (AvgIpc) is 3.33. The molecule has 154 valence electrons. The number of hydrogen-bond acceptors (Lipinski definition) is 4. The molecule has 2 heterocycles. The lowest BCUT2D eigenvalue weighted by Crippen LogP contribution is -2.29. The zero-order valence-electron chi connectivity index (χ0n) is 16.5. The Bertz CT molecular complexity index is 1270. The van der Waals surface area contributed by atoms with Gasteiger partial charge in [-0.3, -0.25) is 14.8 Å². The summed E-state index contributed by atoms with van der Waals surface area (Å²) in [6.07, 6.45) is 0. The van der Waals surface area contributed by atoms with Crippen molar-refractivity contribution in [2.45, 2.75) is 6.04 Å². The third-order valence-electron chi connectivity index (χ3n) is 5.42. The SMILES string of the molecule is COc1ccc(-c2n[nH]c3c2[C@@H](c2cccc(O)c2)N(c2ccc(Br)cc2)C3=O)cc1. The summed E-state index contributed by atoms with van der Waals surface area (Å²) in [5, 5.41) is 17.5. The van der Waals surface area contributed by atoms with E-state index in [0.29, 0.717) is 11.4 Å². The number of anilines is 1. The largest absolute Gasteiger partial charge is 0.508 e. The first-order valence-corrected chi connectivity index (χ1v) is 10.5. The number of nitrogens with one attached hydrogen (secondary N) is 1. The van der Waals surface area contributed by atoms with Crippen LogP contribution in [-0.2, 0) is 0 Å². The number of aromatic amines is 1. The summed E-state index contributed by atoms with van der Waals surface area (Å²) < 4.78 is 6.19. The molecule has 0 saturated heterocycles. The van der Waals surface area contributed by atoms with Crippen molar-refractivity contribution in [1.29, 1.82) is 0 Å². The van der Waals surface area contributed by atoms with Crippen LogP contribution in [0.4, 0.5) is 5.69 Å². The lowest BCUT2D eigenvalue weighted by atomic mass is 9.95. The highest BCUT2D eigenvalue weighted by atomic mass is 79.9. The molecule has 1 aliphatic rings. The van der Waals surface area contributed by atoms with Gasteiger partial charge in [0.1, 0.15) is 17.2 Å². The van der Waals surface area contributed by atoms with E-state index in [0.717, 1.165) is 32.6 Å². The Hall–Kier alpha value is -3.58. The van der Waals surface area contributed by atoms with E-state index in [-0.39, 0.29) is 11.7 Å². The van der Waals surface area contributed by atoms with Gasteiger partial charge in [-0.05, 0) is 66.2 Å². The lowest BCUT2D eigenvalue weighted by molar-refractivity contribution is 0.0988. The van der Waals surface area contributed by atoms with Gasteiger partial charge >= 0.3 is 0 Å². The molecule has 1 aliphatic heterocycles. The van der Waals surface area contributed by atoms with Crippen LogP contribution in [0.5, 0.6) is 11.5 Å². The quantitative estimate of drug-likeness (QED) is 0.419. The van der Waals surface area contributed by atoms with Crippen molar-refractivity contribution in [2.24, 2.45) is 0 Å². The standard InChI is InChI=1S/C24H18BrN3O3/c1-31-19-11-5-14(6-12-19)21-20-22(27-26-21)24(30)28(17-9-7-16(25)8-10-17)23(20)15-3-2-4-18(29)13-15/h2-13,23,29H,1H3,(H,26,27)/t23-/m1/s1. The smallest absolute Gasteiger partial charge is 0.277 e. The Morgan fingerprint density at radius 3 is 2.48 bits per heavy atom. The van der Waals surface area contributed by atoms with E-state index in [4.69, 9.17) is 4.74 Å². The third-order valence-corrected chi connectivity index (χ3v) is 5.95. The molecule has 0 fully saturated rings. The maximum absolute atomic E-state index is 13.5. The number of carbonyl (C=O) groups excluding carboxylic acids is 1. The number of aromatic nitrogens is 2. The van der Waals surface area contributed by atoms with Crippen molar-refractivity contribution < 1.29 is 14.6 Å². The molecule has 1 amide bonds. The van der Waals surface area contributed by atoms with Crippen LogP contribution in [0.1, 0.15) is 27.7 Å². The first kappa shape index (κ1) is 19.4. The van der Waals surface area contributed by atoms with Crippen molar-refractivity contribution >= 4 is 27.5 Å². The predicted octanol–water partition coefficient (Wildman–Crippen LogP) is 5.30. The zero-order chi connectivity index (χ0) is 21.5. The third kappa shape index (κ3) is 3.27. The Labute approximate surface area is 187 Å². The Balaban J connectivity index is 1.70. The first-order chi connectivity index (χ1) is 15.1. The van der Waals surface area contributed by atoms with Crippen LogP contribution in [0, 0.1) is 0 Å². The maximum atomic E-state index is 13.5. The zero-order valence-corrected chi connectivity index (χ0v) is 18.1. The highest BCUT2D eigenvalue weighted by molar-refractivity contribution is 9.10. The average molecular weight is 476 g/mol. The fourth-order valence-corrected chi connectivity index (χ4v) is 4.26. The number of rotatable bonds is 4. The number of halogens is 1. The number of H-pyrrole nitrogens is 1. The molecule has 0 spiro atoms. The van der Waals surface area contributed by atoms with Crippen molar-refractivity contribution in [2.75, 3.05) is 12.0 Å². The van der Waals surface area contributed by atoms with Crippen molar-refractivity contribution in [1.82, 2.24) is 10.2 Å². The molecule has 0 saturated carbocycles. The van der Waals surface area contributed by atoms with E-state index < -0.39 is 6.04 Å². The van der Waals surface area contributed by atoms with Gasteiger partial charge in [-0.2, -0.15) is 5.10 Å². The number of ether oxygens (including phenoxy) is 1. The second kappa shape index (κ2) is 7.59. The summed E-state index contributed by atoms with van der Waals surface area (Å²) in [4.78, 5) is 15.2. The predicted molar refractivity (Wildman–Crippen MR) is 121 cm³/mol. The Kier molecular flexibility index (Phi) is 4.75. The summed E-state index contributed by atoms with van der Waals surface area (Å²) in [5.41, 5.74) is 4.34. The van der Waals surface area contributed by atoms with E-state index >= 15 is 0 Å². The molecule has 7 heteroatoms. The number of carbonyl (C=O) groups is 1. The summed E-state index contributed by atoms with van der Waals surface area (Å²) in [5.74, 6) is 0.717. The van der Waals surface area contributed by atoms with Gasteiger partial charge in [0.05, 0.1) is 18.8 Å². The van der Waals surface area contributed by atoms with Crippen LogP contribution < -0.4 is 9.64 Å². The monoisotopic (exact) mass is 475 g/mol. The molecule has 0 bridgehead atoms. The fourth-order valence-electron chi connectivity index (χ4n) is 3.99. The number of amides is 1. The van der Waals surface area contributed by atoms with E-state index in [9.17, 15) is 9.90 Å². The van der Waals surface area contributed by atoms with Crippen LogP contribution >= 0.6 is 15.9 Å². The topological polar surface area (TPSA) is 78.5 Å². The van der Waals surface area contributed by atoms with Gasteiger partial charge in [-0.1, -0.05) is 28.1 Å². The normalized spacial score (nSPS) is 15.2. The van der Waals surface area contributed by atoms with Crippen LogP contribution in [0.3, 0.4) is 0 Å². The molecule has 4 aromatic rings. The molecule has 5 rings (SSSR count). The highest BCUT2D eigenvalue weighted by Crippen LogP contribution is 2.45. The molecule has 0 radical (unpaired) electrons. The summed E-state index contributed by atoms with van der Waals surface area (Å²) >= 11 is 3.45. The van der Waals surface area contributed by atoms with Crippen LogP contribution in [0.2, 0.25) is 0 Å². The van der Waals surface area contributed by atoms with E-state index in [1.807, 2.05) is 54.6 Å². The summed E-state index contributed by atoms with van der Waals surface area (Å²) in [6, 6.07) is 21.7. The summed E-state index contributed by atoms with van der Waals surface area (Å²) in [6.45, 7) is 0. The van der Waals surface area contributed by atoms with Gasteiger partial charge in [0.2, 0.25) is 0 Å². The molecule has 6 nitrogen and oxygen atoms in total. The minimum Gasteiger partial charge on any atom is -0.508 e. The molecule has 0 unspecified atom stereocenters. The molecule has 2 N–H and O–H groups in total. The molecular formula is C24H18BrN3O3. The number of benzene rings is 3. The second-order valence-corrected chi connectivity index (χ2v) is 8.15. The molecule has 3 aromatic carbocycles. The number of hydrogen-bond donors (Lipinski definition) is 2. The van der Waals surface area contributed by atoms with Crippen LogP contribution in [0.15, 0.2) is 77.3 Å². The fraction of sp³-hybridized carbons (Fsp3) is 0.0833. The molecular weight excluding hydrogens is 458 g/mol. The first-order valence-electron chi connectivity index (χ1n) is 9.67. The van der Waals surface area contributed by atoms with Gasteiger partial charge in [0.15, 0.2) is 0 Å². The van der Waals surface area contributed by atoms with Gasteiger partial charge in [0.25, 0.3) is 5.91 Å². The Morgan fingerprint density at radius 2 is 1.81 bits per heavy atom. The van der Waals surface area contributed by atoms with Crippen LogP contribution in [0.25, 0.3) is 11.3 Å². The number of phenols is 1. The van der Waals surface area contributed by atoms with Gasteiger partial charge in [-0.25, -0.2) is 0 Å². The second-order valence-electron chi connectivity index (χ2n) is 7.24. The highest BCUT2D eigenvalue weighted by Gasteiger charge is 2.43. The molecule has 1 atom stereocenters. The van der Waals surface area contributed by atoms with E-state index in [1.54, 1.807) is 30.2 Å². The minimum absolute atomic E-state index is 0.142. The minimum atomic E-state index is -0.438. The number of nitrogens with zero attached hydrogens (tertiary/aromatic N) is 2. The van der Waals surface area contributed by atoms with E-state index in [2.05, 4.69) is 26.1 Å². The van der Waals surface area contributed by atoms with Crippen molar-refractivity contribution in [3.05, 3.63) is 94.1 Å². The number of methoxy groups -OCH3 is 1. The van der Waals surface area contributed by atoms with E-state index in [1.165, 1.54) is 0 Å². The molecule has 0 aliphatic carbocycles. The molecule has 31 heavy (non-hydrogen) atoms. The van der Waals surface area contributed by atoms with Crippen molar-refractivity contribution in [3.8, 4) is 22.8 Å².